The van der Waals surface area contributed by atoms with E-state index in [1.54, 1.807) is 0 Å². The quantitative estimate of drug-likeness (QED) is 0.905. The predicted octanol–water partition coefficient (Wildman–Crippen LogP) is 2.31. The second-order valence-corrected chi connectivity index (χ2v) is 5.83. The van der Waals surface area contributed by atoms with Crippen molar-refractivity contribution in [3.63, 3.8) is 0 Å². The number of benzene rings is 1. The van der Waals surface area contributed by atoms with Gasteiger partial charge in [-0.3, -0.25) is 4.79 Å². The molecule has 4 heteroatoms. The highest BCUT2D eigenvalue weighted by atomic mass is 16.2. The number of likely N-dealkylation sites (N-methyl/N-ethyl adjacent to an activating group) is 1. The number of nitrogens with zero attached hydrogens (tertiary/aromatic N) is 1. The number of aromatic amines is 1. The number of fused-ring (bicyclic) bond motifs is 1. The molecule has 2 heterocycles. The molecule has 1 aromatic heterocycles. The maximum Gasteiger partial charge on any atom is 0.222 e. The van der Waals surface area contributed by atoms with Gasteiger partial charge in [-0.1, -0.05) is 18.2 Å². The zero-order valence-corrected chi connectivity index (χ0v) is 12.6. The number of likely N-dealkylation sites (tertiary alicyclic amines) is 1. The first kappa shape index (κ1) is 14.1. The Morgan fingerprint density at radius 2 is 2.29 bits per heavy atom. The molecule has 2 N–H and O–H groups in total. The van der Waals surface area contributed by atoms with Crippen molar-refractivity contribution >= 4 is 16.8 Å². The zero-order valence-electron chi connectivity index (χ0n) is 12.6. The Labute approximate surface area is 125 Å². The molecule has 1 atom stereocenters. The maximum atomic E-state index is 12.4. The van der Waals surface area contributed by atoms with Crippen LogP contribution >= 0.6 is 0 Å². The first-order chi connectivity index (χ1) is 10.3. The summed E-state index contributed by atoms with van der Waals surface area (Å²) in [5.41, 5.74) is 2.38. The van der Waals surface area contributed by atoms with Crippen LogP contribution in [0, 0.1) is 0 Å². The molecule has 1 amide bonds. The van der Waals surface area contributed by atoms with E-state index in [9.17, 15) is 4.79 Å². The van der Waals surface area contributed by atoms with Crippen LogP contribution in [0.4, 0.5) is 0 Å². The highest BCUT2D eigenvalue weighted by Gasteiger charge is 2.22. The van der Waals surface area contributed by atoms with Crippen LogP contribution in [-0.2, 0) is 11.2 Å². The third kappa shape index (κ3) is 3.10. The highest BCUT2D eigenvalue weighted by molar-refractivity contribution is 5.84. The van der Waals surface area contributed by atoms with E-state index in [0.717, 1.165) is 31.4 Å². The monoisotopic (exact) mass is 285 g/mol. The molecule has 1 fully saturated rings. The van der Waals surface area contributed by atoms with Gasteiger partial charge in [0, 0.05) is 42.7 Å². The number of hydrogen-bond donors (Lipinski definition) is 2. The number of piperidine rings is 1. The Bertz CT molecular complexity index is 619. The predicted molar refractivity (Wildman–Crippen MR) is 85.3 cm³/mol. The molecule has 0 radical (unpaired) electrons. The Hall–Kier alpha value is -1.81. The lowest BCUT2D eigenvalue weighted by Gasteiger charge is -2.32. The van der Waals surface area contributed by atoms with Crippen LogP contribution in [0.15, 0.2) is 30.5 Å². The summed E-state index contributed by atoms with van der Waals surface area (Å²) in [7, 11) is 1.98. The van der Waals surface area contributed by atoms with Crippen LogP contribution in [0.1, 0.15) is 24.8 Å². The lowest BCUT2D eigenvalue weighted by molar-refractivity contribution is -0.132. The van der Waals surface area contributed by atoms with E-state index in [-0.39, 0.29) is 5.91 Å². The molecule has 0 aliphatic carbocycles. The van der Waals surface area contributed by atoms with Gasteiger partial charge in [0.2, 0.25) is 5.91 Å². The van der Waals surface area contributed by atoms with Gasteiger partial charge in [-0.05, 0) is 37.9 Å². The van der Waals surface area contributed by atoms with Crippen molar-refractivity contribution < 1.29 is 4.79 Å². The van der Waals surface area contributed by atoms with Crippen LogP contribution in [-0.4, -0.2) is 42.0 Å². The Kier molecular flexibility index (Phi) is 4.25. The van der Waals surface area contributed by atoms with Gasteiger partial charge >= 0.3 is 0 Å². The fraction of sp³-hybridized carbons (Fsp3) is 0.471. The van der Waals surface area contributed by atoms with Crippen LogP contribution < -0.4 is 5.32 Å². The number of nitrogens with one attached hydrogen (secondary N) is 2. The molecular weight excluding hydrogens is 262 g/mol. The third-order valence-corrected chi connectivity index (χ3v) is 4.47. The molecule has 0 saturated carbocycles. The molecule has 2 aromatic rings. The summed E-state index contributed by atoms with van der Waals surface area (Å²) in [6.07, 6.45) is 5.71. The molecule has 112 valence electrons. The molecule has 1 unspecified atom stereocenters. The lowest BCUT2D eigenvalue weighted by atomic mass is 10.0. The summed E-state index contributed by atoms with van der Waals surface area (Å²) >= 11 is 0. The fourth-order valence-corrected chi connectivity index (χ4v) is 3.18. The number of carbonyl (C=O) groups is 1. The summed E-state index contributed by atoms with van der Waals surface area (Å²) in [6.45, 7) is 1.76. The van der Waals surface area contributed by atoms with Gasteiger partial charge < -0.3 is 15.2 Å². The number of amides is 1. The van der Waals surface area contributed by atoms with Crippen molar-refractivity contribution in [1.29, 1.82) is 0 Å². The number of aryl methyl sites for hydroxylation is 1. The zero-order chi connectivity index (χ0) is 14.7. The number of H-pyrrole nitrogens is 1. The summed E-state index contributed by atoms with van der Waals surface area (Å²) in [6, 6.07) is 8.71. The van der Waals surface area contributed by atoms with E-state index in [4.69, 9.17) is 0 Å². The van der Waals surface area contributed by atoms with E-state index in [1.807, 2.05) is 30.3 Å². The molecule has 1 aromatic carbocycles. The second-order valence-electron chi connectivity index (χ2n) is 5.83. The van der Waals surface area contributed by atoms with Crippen LogP contribution in [0.2, 0.25) is 0 Å². The molecule has 21 heavy (non-hydrogen) atoms. The topological polar surface area (TPSA) is 48.1 Å². The maximum absolute atomic E-state index is 12.4. The van der Waals surface area contributed by atoms with Gasteiger partial charge in [-0.25, -0.2) is 0 Å². The Morgan fingerprint density at radius 1 is 1.43 bits per heavy atom. The molecule has 1 saturated heterocycles. The first-order valence-corrected chi connectivity index (χ1v) is 7.78. The Morgan fingerprint density at radius 3 is 3.14 bits per heavy atom. The molecule has 1 aliphatic heterocycles. The van der Waals surface area contributed by atoms with E-state index < -0.39 is 0 Å². The average Bonchev–Trinajstić information content (AvgIpc) is 2.96. The van der Waals surface area contributed by atoms with E-state index in [0.29, 0.717) is 12.5 Å². The van der Waals surface area contributed by atoms with E-state index in [2.05, 4.69) is 22.4 Å². The van der Waals surface area contributed by atoms with Gasteiger partial charge in [-0.15, -0.1) is 0 Å². The van der Waals surface area contributed by atoms with Gasteiger partial charge in [0.25, 0.3) is 0 Å². The molecular formula is C17H23N3O. The minimum absolute atomic E-state index is 0.278. The van der Waals surface area contributed by atoms with Crippen molar-refractivity contribution in [2.75, 3.05) is 20.1 Å². The summed E-state index contributed by atoms with van der Waals surface area (Å²) in [5.74, 6) is 0.278. The van der Waals surface area contributed by atoms with Crippen LogP contribution in [0.5, 0.6) is 0 Å². The number of hydrogen-bond acceptors (Lipinski definition) is 2. The van der Waals surface area contributed by atoms with Crippen LogP contribution in [0.3, 0.4) is 0 Å². The van der Waals surface area contributed by atoms with Gasteiger partial charge in [0.05, 0.1) is 0 Å². The SMILES string of the molecule is CNC1CCCN(C(=O)CCc2c[nH]c3ccccc23)C1. The van der Waals surface area contributed by atoms with Gasteiger partial charge in [-0.2, -0.15) is 0 Å². The number of aromatic nitrogens is 1. The van der Waals surface area contributed by atoms with Crippen molar-refractivity contribution in [2.24, 2.45) is 0 Å². The summed E-state index contributed by atoms with van der Waals surface area (Å²) < 4.78 is 0. The number of carbonyl (C=O) groups excluding carboxylic acids is 1. The molecule has 0 spiro atoms. The minimum Gasteiger partial charge on any atom is -0.361 e. The number of para-hydroxylation sites is 1. The van der Waals surface area contributed by atoms with Crippen molar-refractivity contribution in [3.05, 3.63) is 36.0 Å². The van der Waals surface area contributed by atoms with Crippen molar-refractivity contribution in [1.82, 2.24) is 15.2 Å². The number of rotatable bonds is 4. The molecule has 1 aliphatic rings. The van der Waals surface area contributed by atoms with Gasteiger partial charge in [0.1, 0.15) is 0 Å². The molecule has 3 rings (SSSR count). The minimum atomic E-state index is 0.278. The summed E-state index contributed by atoms with van der Waals surface area (Å²) in [5, 5.41) is 4.52. The van der Waals surface area contributed by atoms with Crippen molar-refractivity contribution in [3.8, 4) is 0 Å². The smallest absolute Gasteiger partial charge is 0.222 e. The van der Waals surface area contributed by atoms with Gasteiger partial charge in [0.15, 0.2) is 0 Å². The standard InChI is InChI=1S/C17H23N3O/c1-18-14-5-4-10-20(12-14)17(21)9-8-13-11-19-16-7-3-2-6-15(13)16/h2-3,6-7,11,14,18-19H,4-5,8-10,12H2,1H3. The second kappa shape index (κ2) is 6.31. The lowest BCUT2D eigenvalue weighted by Crippen LogP contribution is -2.47. The van der Waals surface area contributed by atoms with E-state index >= 15 is 0 Å². The third-order valence-electron chi connectivity index (χ3n) is 4.47. The van der Waals surface area contributed by atoms with E-state index in [1.165, 1.54) is 17.4 Å². The summed E-state index contributed by atoms with van der Waals surface area (Å²) in [4.78, 5) is 17.7. The first-order valence-electron chi connectivity index (χ1n) is 7.78. The normalized spacial score (nSPS) is 19.1. The highest BCUT2D eigenvalue weighted by Crippen LogP contribution is 2.20. The van der Waals surface area contributed by atoms with Crippen LogP contribution in [0.25, 0.3) is 10.9 Å². The molecule has 4 nitrogen and oxygen atoms in total. The fourth-order valence-electron chi connectivity index (χ4n) is 3.18. The largest absolute Gasteiger partial charge is 0.361 e. The average molecular weight is 285 g/mol. The molecule has 0 bridgehead atoms. The Balaban J connectivity index is 1.60. The van der Waals surface area contributed by atoms with Crippen molar-refractivity contribution in [2.45, 2.75) is 31.7 Å².